The van der Waals surface area contributed by atoms with E-state index in [0.29, 0.717) is 18.7 Å². The fraction of sp³-hybridized carbons (Fsp3) is 0.444. The number of aryl methyl sites for hydroxylation is 2. The number of likely N-dealkylation sites (tertiary alicyclic amines) is 1. The van der Waals surface area contributed by atoms with Crippen LogP contribution < -0.4 is 5.32 Å². The SMILES string of the molecule is CNC(=O)[C@]1(C)CCCN1C(=O)c1cc2cc(C)ccc2n1C. The van der Waals surface area contributed by atoms with Crippen molar-refractivity contribution in [3.05, 3.63) is 35.5 Å². The van der Waals surface area contributed by atoms with Gasteiger partial charge in [0.05, 0.1) is 0 Å². The largest absolute Gasteiger partial charge is 0.357 e. The lowest BCUT2D eigenvalue weighted by molar-refractivity contribution is -0.129. The maximum atomic E-state index is 13.1. The van der Waals surface area contributed by atoms with Crippen molar-refractivity contribution in [2.45, 2.75) is 32.2 Å². The molecule has 0 radical (unpaired) electrons. The molecule has 1 atom stereocenters. The normalized spacial score (nSPS) is 21.0. The molecule has 1 N–H and O–H groups in total. The van der Waals surface area contributed by atoms with Crippen LogP contribution in [0.15, 0.2) is 24.3 Å². The van der Waals surface area contributed by atoms with Gasteiger partial charge in [0.15, 0.2) is 0 Å². The minimum Gasteiger partial charge on any atom is -0.357 e. The highest BCUT2D eigenvalue weighted by atomic mass is 16.2. The molecule has 1 fully saturated rings. The number of aromatic nitrogens is 1. The van der Waals surface area contributed by atoms with Gasteiger partial charge in [-0.2, -0.15) is 0 Å². The molecule has 1 aromatic carbocycles. The van der Waals surface area contributed by atoms with E-state index in [-0.39, 0.29) is 11.8 Å². The first-order valence-corrected chi connectivity index (χ1v) is 7.99. The fourth-order valence-electron chi connectivity index (χ4n) is 3.61. The number of hydrogen-bond acceptors (Lipinski definition) is 2. The van der Waals surface area contributed by atoms with Gasteiger partial charge in [0.25, 0.3) is 5.91 Å². The molecular formula is C18H23N3O2. The molecule has 5 heteroatoms. The van der Waals surface area contributed by atoms with Crippen molar-refractivity contribution in [2.24, 2.45) is 7.05 Å². The Morgan fingerprint density at radius 2 is 2.00 bits per heavy atom. The predicted octanol–water partition coefficient (Wildman–Crippen LogP) is 2.23. The first-order chi connectivity index (χ1) is 10.9. The van der Waals surface area contributed by atoms with Gasteiger partial charge in [-0.15, -0.1) is 0 Å². The zero-order chi connectivity index (χ0) is 16.8. The molecular weight excluding hydrogens is 290 g/mol. The van der Waals surface area contributed by atoms with Crippen LogP contribution in [-0.4, -0.2) is 40.4 Å². The minimum absolute atomic E-state index is 0.0787. The summed E-state index contributed by atoms with van der Waals surface area (Å²) in [4.78, 5) is 27.1. The highest BCUT2D eigenvalue weighted by molar-refractivity contribution is 6.02. The van der Waals surface area contributed by atoms with Crippen LogP contribution in [0, 0.1) is 6.92 Å². The Morgan fingerprint density at radius 1 is 1.26 bits per heavy atom. The molecule has 1 aliphatic heterocycles. The Balaban J connectivity index is 2.03. The van der Waals surface area contributed by atoms with Crippen molar-refractivity contribution in [2.75, 3.05) is 13.6 Å². The average Bonchev–Trinajstić information content (AvgIpc) is 3.07. The molecule has 0 saturated carbocycles. The number of hydrogen-bond donors (Lipinski definition) is 1. The number of carbonyl (C=O) groups excluding carboxylic acids is 2. The number of rotatable bonds is 2. The molecule has 1 aromatic heterocycles. The monoisotopic (exact) mass is 313 g/mol. The van der Waals surface area contributed by atoms with Crippen molar-refractivity contribution >= 4 is 22.7 Å². The van der Waals surface area contributed by atoms with E-state index in [9.17, 15) is 9.59 Å². The maximum Gasteiger partial charge on any atom is 0.271 e. The van der Waals surface area contributed by atoms with Gasteiger partial charge in [-0.05, 0) is 44.9 Å². The molecule has 0 unspecified atom stereocenters. The number of likely N-dealkylation sites (N-methyl/N-ethyl adjacent to an activating group) is 1. The first kappa shape index (κ1) is 15.6. The van der Waals surface area contributed by atoms with Crippen LogP contribution in [-0.2, 0) is 11.8 Å². The lowest BCUT2D eigenvalue weighted by Gasteiger charge is -2.33. The lowest BCUT2D eigenvalue weighted by atomic mass is 9.97. The van der Waals surface area contributed by atoms with Gasteiger partial charge >= 0.3 is 0 Å². The summed E-state index contributed by atoms with van der Waals surface area (Å²) in [7, 11) is 3.52. The summed E-state index contributed by atoms with van der Waals surface area (Å²) in [6.45, 7) is 4.50. The van der Waals surface area contributed by atoms with Crippen LogP contribution in [0.5, 0.6) is 0 Å². The van der Waals surface area contributed by atoms with Gasteiger partial charge in [0.1, 0.15) is 11.2 Å². The Kier molecular flexibility index (Phi) is 3.66. The highest BCUT2D eigenvalue weighted by Gasteiger charge is 2.45. The van der Waals surface area contributed by atoms with Crippen LogP contribution in [0.2, 0.25) is 0 Å². The topological polar surface area (TPSA) is 54.3 Å². The third-order valence-corrected chi connectivity index (χ3v) is 5.02. The van der Waals surface area contributed by atoms with Crippen LogP contribution in [0.3, 0.4) is 0 Å². The van der Waals surface area contributed by atoms with Gasteiger partial charge < -0.3 is 14.8 Å². The molecule has 2 heterocycles. The van der Waals surface area contributed by atoms with Crippen molar-refractivity contribution in [1.82, 2.24) is 14.8 Å². The molecule has 1 aliphatic rings. The Labute approximate surface area is 136 Å². The van der Waals surface area contributed by atoms with E-state index in [2.05, 4.69) is 11.4 Å². The summed E-state index contributed by atoms with van der Waals surface area (Å²) in [6, 6.07) is 8.08. The number of nitrogens with zero attached hydrogens (tertiary/aromatic N) is 2. The third-order valence-electron chi connectivity index (χ3n) is 5.02. The highest BCUT2D eigenvalue weighted by Crippen LogP contribution is 2.32. The lowest BCUT2D eigenvalue weighted by Crippen LogP contribution is -2.54. The number of amides is 2. The summed E-state index contributed by atoms with van der Waals surface area (Å²) in [6.07, 6.45) is 1.54. The number of fused-ring (bicyclic) bond motifs is 1. The zero-order valence-electron chi connectivity index (χ0n) is 14.1. The smallest absolute Gasteiger partial charge is 0.271 e. The van der Waals surface area contributed by atoms with Crippen molar-refractivity contribution in [3.8, 4) is 0 Å². The van der Waals surface area contributed by atoms with Crippen molar-refractivity contribution in [1.29, 1.82) is 0 Å². The second-order valence-corrected chi connectivity index (χ2v) is 6.56. The number of carbonyl (C=O) groups is 2. The molecule has 3 rings (SSSR count). The Morgan fingerprint density at radius 3 is 2.70 bits per heavy atom. The van der Waals surface area contributed by atoms with Crippen LogP contribution in [0.4, 0.5) is 0 Å². The summed E-state index contributed by atoms with van der Waals surface area (Å²) >= 11 is 0. The zero-order valence-corrected chi connectivity index (χ0v) is 14.1. The van der Waals surface area contributed by atoms with Gasteiger partial charge in [0, 0.05) is 31.5 Å². The van der Waals surface area contributed by atoms with Crippen molar-refractivity contribution in [3.63, 3.8) is 0 Å². The Bertz CT molecular complexity index is 793. The number of benzene rings is 1. The van der Waals surface area contributed by atoms with Gasteiger partial charge in [0.2, 0.25) is 5.91 Å². The van der Waals surface area contributed by atoms with Gasteiger partial charge in [-0.1, -0.05) is 11.6 Å². The van der Waals surface area contributed by atoms with Crippen LogP contribution >= 0.6 is 0 Å². The van der Waals surface area contributed by atoms with E-state index < -0.39 is 5.54 Å². The van der Waals surface area contributed by atoms with E-state index >= 15 is 0 Å². The summed E-state index contributed by atoms with van der Waals surface area (Å²) in [5.41, 5.74) is 2.05. The van der Waals surface area contributed by atoms with Gasteiger partial charge in [-0.3, -0.25) is 9.59 Å². The standard InChI is InChI=1S/C18H23N3O2/c1-12-6-7-14-13(10-12)11-15(20(14)4)16(22)21-9-5-8-18(21,2)17(23)19-3/h6-7,10-11H,5,8-9H2,1-4H3,(H,19,23)/t18-/m0/s1. The summed E-state index contributed by atoms with van der Waals surface area (Å²) in [5.74, 6) is -0.178. The minimum atomic E-state index is -0.766. The maximum absolute atomic E-state index is 13.1. The average molecular weight is 313 g/mol. The molecule has 0 bridgehead atoms. The van der Waals surface area contributed by atoms with E-state index in [4.69, 9.17) is 0 Å². The molecule has 0 spiro atoms. The molecule has 122 valence electrons. The Hall–Kier alpha value is -2.30. The predicted molar refractivity (Wildman–Crippen MR) is 90.4 cm³/mol. The van der Waals surface area contributed by atoms with Gasteiger partial charge in [-0.25, -0.2) is 0 Å². The second kappa shape index (κ2) is 5.41. The van der Waals surface area contributed by atoms with Crippen molar-refractivity contribution < 1.29 is 9.59 Å². The number of nitrogens with one attached hydrogen (secondary N) is 1. The quantitative estimate of drug-likeness (QED) is 0.924. The fourth-order valence-corrected chi connectivity index (χ4v) is 3.61. The first-order valence-electron chi connectivity index (χ1n) is 7.99. The molecule has 2 aromatic rings. The van der Waals surface area contributed by atoms with E-state index in [1.165, 1.54) is 5.56 Å². The molecule has 5 nitrogen and oxygen atoms in total. The molecule has 0 aliphatic carbocycles. The molecule has 2 amide bonds. The van der Waals surface area contributed by atoms with E-state index in [1.807, 2.05) is 43.7 Å². The second-order valence-electron chi connectivity index (χ2n) is 6.56. The summed E-state index contributed by atoms with van der Waals surface area (Å²) in [5, 5.41) is 3.75. The van der Waals surface area contributed by atoms with E-state index in [0.717, 1.165) is 17.3 Å². The van der Waals surface area contributed by atoms with Crippen LogP contribution in [0.1, 0.15) is 35.8 Å². The molecule has 1 saturated heterocycles. The third kappa shape index (κ3) is 2.31. The molecule has 23 heavy (non-hydrogen) atoms. The van der Waals surface area contributed by atoms with Crippen LogP contribution in [0.25, 0.3) is 10.9 Å². The van der Waals surface area contributed by atoms with E-state index in [1.54, 1.807) is 11.9 Å². The summed E-state index contributed by atoms with van der Waals surface area (Å²) < 4.78 is 1.92.